The van der Waals surface area contributed by atoms with E-state index >= 15 is 0 Å². The number of fused-ring (bicyclic) bond motifs is 1. The standard InChI is InChI=1S/C25H23NO3/c1-16-20-14-22(28-3)23(29-4)15-21(20)25(18-10-12-19(27-2)13-11-18)26-24(16)17-8-6-5-7-9-17/h5-15H,1-4H3. The number of aryl methyl sites for hydroxylation is 1. The summed E-state index contributed by atoms with van der Waals surface area (Å²) in [5.41, 5.74) is 5.05. The lowest BCUT2D eigenvalue weighted by atomic mass is 9.96. The van der Waals surface area contributed by atoms with Crippen LogP contribution in [0, 0.1) is 6.92 Å². The average Bonchev–Trinajstić information content (AvgIpc) is 2.79. The van der Waals surface area contributed by atoms with Gasteiger partial charge >= 0.3 is 0 Å². The van der Waals surface area contributed by atoms with Crippen LogP contribution >= 0.6 is 0 Å². The van der Waals surface area contributed by atoms with E-state index in [1.165, 1.54) is 0 Å². The Morgan fingerprint density at radius 3 is 1.79 bits per heavy atom. The molecule has 1 heterocycles. The molecule has 0 aliphatic heterocycles. The number of nitrogens with zero attached hydrogens (tertiary/aromatic N) is 1. The highest BCUT2D eigenvalue weighted by Crippen LogP contribution is 2.40. The lowest BCUT2D eigenvalue weighted by molar-refractivity contribution is 0.356. The molecule has 29 heavy (non-hydrogen) atoms. The molecule has 0 aliphatic rings. The van der Waals surface area contributed by atoms with Gasteiger partial charge in [0.1, 0.15) is 5.75 Å². The van der Waals surface area contributed by atoms with Crippen molar-refractivity contribution in [1.82, 2.24) is 4.98 Å². The monoisotopic (exact) mass is 385 g/mol. The van der Waals surface area contributed by atoms with Crippen molar-refractivity contribution in [3.63, 3.8) is 0 Å². The molecule has 0 spiro atoms. The first-order valence-corrected chi connectivity index (χ1v) is 9.42. The zero-order valence-electron chi connectivity index (χ0n) is 17.0. The molecule has 0 amide bonds. The Morgan fingerprint density at radius 2 is 1.21 bits per heavy atom. The minimum atomic E-state index is 0.684. The van der Waals surface area contributed by atoms with Crippen molar-refractivity contribution >= 4 is 10.8 Å². The van der Waals surface area contributed by atoms with Crippen LogP contribution in [0.25, 0.3) is 33.3 Å². The molecule has 1 aromatic heterocycles. The maximum absolute atomic E-state index is 5.56. The fraction of sp³-hybridized carbons (Fsp3) is 0.160. The first-order valence-electron chi connectivity index (χ1n) is 9.42. The second kappa shape index (κ2) is 7.84. The first-order chi connectivity index (χ1) is 14.2. The van der Waals surface area contributed by atoms with Crippen molar-refractivity contribution in [3.8, 4) is 39.8 Å². The van der Waals surface area contributed by atoms with Crippen LogP contribution in [-0.2, 0) is 0 Å². The van der Waals surface area contributed by atoms with E-state index in [0.29, 0.717) is 11.5 Å². The van der Waals surface area contributed by atoms with Crippen molar-refractivity contribution in [3.05, 3.63) is 72.3 Å². The number of hydrogen-bond acceptors (Lipinski definition) is 4. The predicted octanol–water partition coefficient (Wildman–Crippen LogP) is 5.90. The molecule has 4 aromatic rings. The van der Waals surface area contributed by atoms with Gasteiger partial charge in [-0.15, -0.1) is 0 Å². The van der Waals surface area contributed by atoms with E-state index in [2.05, 4.69) is 19.1 Å². The summed E-state index contributed by atoms with van der Waals surface area (Å²) in [6.45, 7) is 2.10. The van der Waals surface area contributed by atoms with Crippen LogP contribution in [0.5, 0.6) is 17.2 Å². The van der Waals surface area contributed by atoms with Crippen molar-refractivity contribution in [1.29, 1.82) is 0 Å². The minimum Gasteiger partial charge on any atom is -0.497 e. The number of hydrogen-bond donors (Lipinski definition) is 0. The minimum absolute atomic E-state index is 0.684. The summed E-state index contributed by atoms with van der Waals surface area (Å²) in [6, 6.07) is 22.2. The quantitative estimate of drug-likeness (QED) is 0.429. The summed E-state index contributed by atoms with van der Waals surface area (Å²) in [7, 11) is 4.97. The lowest BCUT2D eigenvalue weighted by Gasteiger charge is -2.17. The van der Waals surface area contributed by atoms with E-state index in [-0.39, 0.29) is 0 Å². The number of benzene rings is 3. The van der Waals surface area contributed by atoms with Crippen LogP contribution in [-0.4, -0.2) is 26.3 Å². The summed E-state index contributed by atoms with van der Waals surface area (Å²) in [5, 5.41) is 2.10. The molecule has 146 valence electrons. The fourth-order valence-corrected chi connectivity index (χ4v) is 3.61. The molecule has 3 aromatic carbocycles. The van der Waals surface area contributed by atoms with Gasteiger partial charge < -0.3 is 14.2 Å². The van der Waals surface area contributed by atoms with Gasteiger partial charge in [-0.05, 0) is 54.3 Å². The zero-order chi connectivity index (χ0) is 20.4. The molecule has 4 nitrogen and oxygen atoms in total. The largest absolute Gasteiger partial charge is 0.497 e. The highest BCUT2D eigenvalue weighted by atomic mass is 16.5. The van der Waals surface area contributed by atoms with Crippen molar-refractivity contribution in [2.75, 3.05) is 21.3 Å². The summed E-state index contributed by atoms with van der Waals surface area (Å²) < 4.78 is 16.4. The van der Waals surface area contributed by atoms with E-state index in [9.17, 15) is 0 Å². The average molecular weight is 385 g/mol. The van der Waals surface area contributed by atoms with Gasteiger partial charge in [0.05, 0.1) is 32.7 Å². The van der Waals surface area contributed by atoms with Gasteiger partial charge in [0.15, 0.2) is 11.5 Å². The van der Waals surface area contributed by atoms with Crippen LogP contribution in [0.15, 0.2) is 66.7 Å². The third kappa shape index (κ3) is 3.38. The second-order valence-electron chi connectivity index (χ2n) is 6.78. The number of rotatable bonds is 5. The second-order valence-corrected chi connectivity index (χ2v) is 6.78. The van der Waals surface area contributed by atoms with Crippen LogP contribution < -0.4 is 14.2 Å². The third-order valence-electron chi connectivity index (χ3n) is 5.17. The molecular formula is C25H23NO3. The van der Waals surface area contributed by atoms with Crippen LogP contribution in [0.3, 0.4) is 0 Å². The molecule has 4 rings (SSSR count). The Balaban J connectivity index is 2.06. The van der Waals surface area contributed by atoms with Gasteiger partial charge in [-0.1, -0.05) is 30.3 Å². The maximum atomic E-state index is 5.56. The lowest BCUT2D eigenvalue weighted by Crippen LogP contribution is -1.98. The van der Waals surface area contributed by atoms with E-state index in [1.54, 1.807) is 21.3 Å². The highest BCUT2D eigenvalue weighted by Gasteiger charge is 2.17. The molecule has 0 radical (unpaired) electrons. The summed E-state index contributed by atoms with van der Waals surface area (Å²) in [4.78, 5) is 5.09. The predicted molar refractivity (Wildman–Crippen MR) is 117 cm³/mol. The molecule has 0 unspecified atom stereocenters. The fourth-order valence-electron chi connectivity index (χ4n) is 3.61. The Hall–Kier alpha value is -3.53. The molecule has 0 N–H and O–H groups in total. The molecular weight excluding hydrogens is 362 g/mol. The number of pyridine rings is 1. The Bertz CT molecular complexity index is 1150. The Labute approximate surface area is 170 Å². The zero-order valence-corrected chi connectivity index (χ0v) is 17.0. The Kier molecular flexibility index (Phi) is 5.09. The molecule has 0 bridgehead atoms. The van der Waals surface area contributed by atoms with Gasteiger partial charge in [0.2, 0.25) is 0 Å². The summed E-state index contributed by atoms with van der Waals surface area (Å²) in [5.74, 6) is 2.20. The van der Waals surface area contributed by atoms with E-state index in [1.807, 2.05) is 54.6 Å². The number of aromatic nitrogens is 1. The molecule has 0 saturated carbocycles. The van der Waals surface area contributed by atoms with Gasteiger partial charge in [-0.25, -0.2) is 4.98 Å². The molecule has 4 heteroatoms. The van der Waals surface area contributed by atoms with Crippen molar-refractivity contribution in [2.45, 2.75) is 6.92 Å². The van der Waals surface area contributed by atoms with E-state index in [0.717, 1.165) is 44.6 Å². The SMILES string of the molecule is COc1ccc(-c2nc(-c3ccccc3)c(C)c3cc(OC)c(OC)cc23)cc1. The first kappa shape index (κ1) is 18.8. The number of ether oxygens (including phenoxy) is 3. The third-order valence-corrected chi connectivity index (χ3v) is 5.17. The van der Waals surface area contributed by atoms with Gasteiger partial charge in [-0.2, -0.15) is 0 Å². The molecule has 0 aliphatic carbocycles. The Morgan fingerprint density at radius 1 is 0.621 bits per heavy atom. The van der Waals surface area contributed by atoms with Crippen LogP contribution in [0.2, 0.25) is 0 Å². The normalized spacial score (nSPS) is 10.8. The van der Waals surface area contributed by atoms with Crippen LogP contribution in [0.1, 0.15) is 5.56 Å². The number of methoxy groups -OCH3 is 3. The van der Waals surface area contributed by atoms with Gasteiger partial charge in [-0.3, -0.25) is 0 Å². The van der Waals surface area contributed by atoms with Gasteiger partial charge in [0.25, 0.3) is 0 Å². The maximum Gasteiger partial charge on any atom is 0.161 e. The summed E-state index contributed by atoms with van der Waals surface area (Å²) in [6.07, 6.45) is 0. The topological polar surface area (TPSA) is 40.6 Å². The molecule has 0 atom stereocenters. The molecule has 0 fully saturated rings. The van der Waals surface area contributed by atoms with Gasteiger partial charge in [0, 0.05) is 16.5 Å². The summed E-state index contributed by atoms with van der Waals surface area (Å²) >= 11 is 0. The smallest absolute Gasteiger partial charge is 0.161 e. The molecule has 0 saturated heterocycles. The van der Waals surface area contributed by atoms with Crippen molar-refractivity contribution < 1.29 is 14.2 Å². The van der Waals surface area contributed by atoms with E-state index < -0.39 is 0 Å². The van der Waals surface area contributed by atoms with Crippen molar-refractivity contribution in [2.24, 2.45) is 0 Å². The highest BCUT2D eigenvalue weighted by molar-refractivity contribution is 6.01. The van der Waals surface area contributed by atoms with Crippen LogP contribution in [0.4, 0.5) is 0 Å². The van der Waals surface area contributed by atoms with E-state index in [4.69, 9.17) is 19.2 Å².